The number of rotatable bonds is 1. The van der Waals surface area contributed by atoms with Crippen LogP contribution in [0.4, 0.5) is 11.8 Å². The Hall–Kier alpha value is -2.14. The zero-order chi connectivity index (χ0) is 17.7. The average Bonchev–Trinajstić information content (AvgIpc) is 3.00. The van der Waals surface area contributed by atoms with Crippen LogP contribution in [0.1, 0.15) is 36.8 Å². The third kappa shape index (κ3) is 2.57. The quantitative estimate of drug-likeness (QED) is 0.827. The van der Waals surface area contributed by atoms with Crippen molar-refractivity contribution < 1.29 is 0 Å². The highest BCUT2D eigenvalue weighted by Crippen LogP contribution is 2.41. The number of nitrogen functional groups attached to an aromatic ring is 1. The molecule has 3 aliphatic rings. The summed E-state index contributed by atoms with van der Waals surface area (Å²) in [6, 6.07) is 8.93. The minimum Gasteiger partial charge on any atom is -0.368 e. The van der Waals surface area contributed by atoms with E-state index in [2.05, 4.69) is 34.1 Å². The number of nitrogens with zero attached hydrogens (tertiary/aromatic N) is 3. The maximum absolute atomic E-state index is 6.43. The first-order valence-electron chi connectivity index (χ1n) is 9.96. The van der Waals surface area contributed by atoms with Crippen LogP contribution in [0.2, 0.25) is 0 Å². The second-order valence-electron chi connectivity index (χ2n) is 8.17. The van der Waals surface area contributed by atoms with Gasteiger partial charge in [0.05, 0.1) is 5.69 Å². The van der Waals surface area contributed by atoms with Crippen molar-refractivity contribution in [2.75, 3.05) is 23.7 Å². The van der Waals surface area contributed by atoms with Gasteiger partial charge in [0, 0.05) is 30.3 Å². The molecular weight excluding hydrogens is 322 g/mol. The van der Waals surface area contributed by atoms with Crippen molar-refractivity contribution >= 4 is 11.8 Å². The number of aryl methyl sites for hydroxylation is 1. The summed E-state index contributed by atoms with van der Waals surface area (Å²) in [5.41, 5.74) is 17.5. The highest BCUT2D eigenvalue weighted by Gasteiger charge is 2.40. The lowest BCUT2D eigenvalue weighted by molar-refractivity contribution is 0.260. The van der Waals surface area contributed by atoms with Gasteiger partial charge in [-0.2, -0.15) is 4.98 Å². The standard InChI is InChI=1S/C21H27N5/c22-18-10-4-7-14-11-26(12-17(14)18)20-16-9-3-6-13-5-1-2-8-15(13)19(16)24-21(23)25-20/h1-2,5,8,14,17-18H,3-4,6-7,9-12,22H2,(H2,23,24,25)/t14-,17+,18-/m0/s1. The predicted octanol–water partition coefficient (Wildman–Crippen LogP) is 2.78. The molecule has 1 aromatic heterocycles. The van der Waals surface area contributed by atoms with Crippen LogP contribution in [0.25, 0.3) is 11.3 Å². The highest BCUT2D eigenvalue weighted by molar-refractivity contribution is 5.74. The van der Waals surface area contributed by atoms with E-state index in [1.807, 2.05) is 0 Å². The van der Waals surface area contributed by atoms with Gasteiger partial charge in [0.1, 0.15) is 5.82 Å². The maximum atomic E-state index is 6.43. The monoisotopic (exact) mass is 349 g/mol. The topological polar surface area (TPSA) is 81.1 Å². The van der Waals surface area contributed by atoms with Gasteiger partial charge < -0.3 is 16.4 Å². The second-order valence-corrected chi connectivity index (χ2v) is 8.17. The Morgan fingerprint density at radius 3 is 2.77 bits per heavy atom. The van der Waals surface area contributed by atoms with E-state index in [4.69, 9.17) is 16.5 Å². The van der Waals surface area contributed by atoms with Crippen LogP contribution in [-0.4, -0.2) is 29.1 Å². The number of fused-ring (bicyclic) bond motifs is 4. The van der Waals surface area contributed by atoms with Gasteiger partial charge >= 0.3 is 0 Å². The van der Waals surface area contributed by atoms with Gasteiger partial charge in [-0.1, -0.05) is 30.7 Å². The Balaban J connectivity index is 1.59. The molecule has 2 aromatic rings. The molecule has 0 amide bonds. The fourth-order valence-corrected chi connectivity index (χ4v) is 5.32. The number of nitrogens with two attached hydrogens (primary N) is 2. The fraction of sp³-hybridized carbons (Fsp3) is 0.524. The summed E-state index contributed by atoms with van der Waals surface area (Å²) in [4.78, 5) is 11.8. The van der Waals surface area contributed by atoms with E-state index in [1.165, 1.54) is 29.5 Å². The minimum atomic E-state index is 0.331. The van der Waals surface area contributed by atoms with Crippen molar-refractivity contribution in [1.82, 2.24) is 9.97 Å². The van der Waals surface area contributed by atoms with Gasteiger partial charge in [-0.3, -0.25) is 0 Å². The minimum absolute atomic E-state index is 0.331. The number of aromatic nitrogens is 2. The molecule has 26 heavy (non-hydrogen) atoms. The Morgan fingerprint density at radius 1 is 1.00 bits per heavy atom. The van der Waals surface area contributed by atoms with Crippen molar-refractivity contribution in [3.63, 3.8) is 0 Å². The van der Waals surface area contributed by atoms with Gasteiger partial charge in [-0.15, -0.1) is 0 Å². The average molecular weight is 349 g/mol. The van der Waals surface area contributed by atoms with E-state index in [0.29, 0.717) is 23.8 Å². The van der Waals surface area contributed by atoms with Crippen molar-refractivity contribution in [3.8, 4) is 11.3 Å². The SMILES string of the molecule is Nc1nc2c(c(N3C[C@@H]4CCC[C@H](N)[C@@H]4C3)n1)CCCc1ccccc1-2. The number of hydrogen-bond donors (Lipinski definition) is 2. The van der Waals surface area contributed by atoms with Gasteiger partial charge in [0.25, 0.3) is 0 Å². The van der Waals surface area contributed by atoms with Crippen LogP contribution in [0, 0.1) is 11.8 Å². The van der Waals surface area contributed by atoms with Crippen LogP contribution < -0.4 is 16.4 Å². The summed E-state index contributed by atoms with van der Waals surface area (Å²) in [7, 11) is 0. The Labute approximate surface area is 154 Å². The highest BCUT2D eigenvalue weighted by atomic mass is 15.2. The van der Waals surface area contributed by atoms with E-state index >= 15 is 0 Å². The Bertz CT molecular complexity index is 833. The van der Waals surface area contributed by atoms with Gasteiger partial charge in [0.2, 0.25) is 5.95 Å². The molecule has 1 saturated carbocycles. The van der Waals surface area contributed by atoms with Gasteiger partial charge in [-0.05, 0) is 49.5 Å². The van der Waals surface area contributed by atoms with E-state index in [9.17, 15) is 0 Å². The normalized spacial score (nSPS) is 27.4. The molecule has 4 N–H and O–H groups in total. The molecule has 0 bridgehead atoms. The van der Waals surface area contributed by atoms with Crippen LogP contribution >= 0.6 is 0 Å². The predicted molar refractivity (Wildman–Crippen MR) is 105 cm³/mol. The molecular formula is C21H27N5. The molecule has 0 spiro atoms. The molecule has 136 valence electrons. The van der Waals surface area contributed by atoms with Crippen molar-refractivity contribution in [1.29, 1.82) is 0 Å². The lowest BCUT2D eigenvalue weighted by atomic mass is 9.78. The van der Waals surface area contributed by atoms with E-state index < -0.39 is 0 Å². The first kappa shape index (κ1) is 16.1. The lowest BCUT2D eigenvalue weighted by Gasteiger charge is -2.29. The molecule has 1 saturated heterocycles. The van der Waals surface area contributed by atoms with Crippen LogP contribution in [0.5, 0.6) is 0 Å². The third-order valence-corrected chi connectivity index (χ3v) is 6.60. The molecule has 1 aromatic carbocycles. The smallest absolute Gasteiger partial charge is 0.222 e. The summed E-state index contributed by atoms with van der Waals surface area (Å²) < 4.78 is 0. The van der Waals surface area contributed by atoms with E-state index in [0.717, 1.165) is 50.3 Å². The number of benzene rings is 1. The first-order valence-corrected chi connectivity index (χ1v) is 9.96. The molecule has 3 atom stereocenters. The third-order valence-electron chi connectivity index (χ3n) is 6.60. The molecule has 1 aliphatic heterocycles. The Morgan fingerprint density at radius 2 is 1.88 bits per heavy atom. The van der Waals surface area contributed by atoms with Crippen LogP contribution in [0.3, 0.4) is 0 Å². The van der Waals surface area contributed by atoms with E-state index in [1.54, 1.807) is 0 Å². The number of hydrogen-bond acceptors (Lipinski definition) is 5. The van der Waals surface area contributed by atoms with Gasteiger partial charge in [-0.25, -0.2) is 4.98 Å². The molecule has 2 heterocycles. The summed E-state index contributed by atoms with van der Waals surface area (Å²) in [5.74, 6) is 2.73. The fourth-order valence-electron chi connectivity index (χ4n) is 5.32. The molecule has 0 radical (unpaired) electrons. The molecule has 5 rings (SSSR count). The second kappa shape index (κ2) is 6.23. The van der Waals surface area contributed by atoms with Crippen LogP contribution in [0.15, 0.2) is 24.3 Å². The van der Waals surface area contributed by atoms with E-state index in [-0.39, 0.29) is 0 Å². The molecule has 2 fully saturated rings. The number of anilines is 2. The zero-order valence-electron chi connectivity index (χ0n) is 15.2. The lowest BCUT2D eigenvalue weighted by Crippen LogP contribution is -2.38. The summed E-state index contributed by atoms with van der Waals surface area (Å²) in [5, 5.41) is 0. The van der Waals surface area contributed by atoms with Crippen LogP contribution in [-0.2, 0) is 12.8 Å². The molecule has 5 nitrogen and oxygen atoms in total. The van der Waals surface area contributed by atoms with Crippen molar-refractivity contribution in [3.05, 3.63) is 35.4 Å². The molecule has 2 aliphatic carbocycles. The summed E-state index contributed by atoms with van der Waals surface area (Å²) in [6.07, 6.45) is 6.93. The first-order chi connectivity index (χ1) is 12.7. The Kier molecular flexibility index (Phi) is 3.85. The molecule has 5 heteroatoms. The maximum Gasteiger partial charge on any atom is 0.222 e. The largest absolute Gasteiger partial charge is 0.368 e. The zero-order valence-corrected chi connectivity index (χ0v) is 15.2. The van der Waals surface area contributed by atoms with Crippen molar-refractivity contribution in [2.45, 2.75) is 44.6 Å². The van der Waals surface area contributed by atoms with Gasteiger partial charge in [0.15, 0.2) is 0 Å². The molecule has 0 unspecified atom stereocenters. The summed E-state index contributed by atoms with van der Waals surface area (Å²) in [6.45, 7) is 2.07. The summed E-state index contributed by atoms with van der Waals surface area (Å²) >= 11 is 0. The van der Waals surface area contributed by atoms with Crippen molar-refractivity contribution in [2.24, 2.45) is 17.6 Å².